The van der Waals surface area contributed by atoms with Gasteiger partial charge >= 0.3 is 0 Å². The van der Waals surface area contributed by atoms with Gasteiger partial charge in [0, 0.05) is 10.9 Å². The molecule has 0 saturated heterocycles. The van der Waals surface area contributed by atoms with E-state index in [-0.39, 0.29) is 15.7 Å². The van der Waals surface area contributed by atoms with Gasteiger partial charge < -0.3 is 9.84 Å². The molecule has 0 aliphatic carbocycles. The number of benzene rings is 2. The fourth-order valence-corrected chi connectivity index (χ4v) is 3.02. The summed E-state index contributed by atoms with van der Waals surface area (Å²) in [5.74, 6) is -0.719. The van der Waals surface area contributed by atoms with Crippen molar-refractivity contribution in [3.05, 3.63) is 58.1 Å². The minimum absolute atomic E-state index is 0.0547. The second kappa shape index (κ2) is 7.21. The first-order chi connectivity index (χ1) is 10.8. The van der Waals surface area contributed by atoms with Crippen molar-refractivity contribution < 1.29 is 18.3 Å². The Hall–Kier alpha value is -1.76. The van der Waals surface area contributed by atoms with Crippen LogP contribution in [0.5, 0.6) is 5.75 Å². The number of ether oxygens (including phenoxy) is 1. The van der Waals surface area contributed by atoms with Crippen molar-refractivity contribution >= 4 is 39.1 Å². The Morgan fingerprint density at radius 2 is 1.83 bits per heavy atom. The fraction of sp³-hybridized carbons (Fsp3) is 0.133. The van der Waals surface area contributed by atoms with Gasteiger partial charge in [0.15, 0.2) is 0 Å². The minimum Gasteiger partial charge on any atom is -0.859 e. The molecule has 0 amide bonds. The molecule has 0 heterocycles. The van der Waals surface area contributed by atoms with Crippen LogP contribution in [0.3, 0.4) is 0 Å². The quantitative estimate of drug-likeness (QED) is 0.596. The predicted molar refractivity (Wildman–Crippen MR) is 87.8 cm³/mol. The number of halogens is 2. The normalized spacial score (nSPS) is 12.2. The van der Waals surface area contributed by atoms with Gasteiger partial charge in [-0.25, -0.2) is 0 Å². The lowest BCUT2D eigenvalue weighted by Crippen LogP contribution is -2.27. The molecule has 2 aromatic rings. The van der Waals surface area contributed by atoms with Crippen molar-refractivity contribution in [1.29, 1.82) is 0 Å². The van der Waals surface area contributed by atoms with E-state index in [2.05, 4.69) is 4.40 Å². The van der Waals surface area contributed by atoms with Crippen molar-refractivity contribution in [3.63, 3.8) is 0 Å². The molecule has 0 spiro atoms. The van der Waals surface area contributed by atoms with Gasteiger partial charge in [0.1, 0.15) is 12.4 Å². The van der Waals surface area contributed by atoms with Gasteiger partial charge in [-0.2, -0.15) is 12.8 Å². The molecule has 0 fully saturated rings. The third kappa shape index (κ3) is 4.86. The lowest BCUT2D eigenvalue weighted by atomic mass is 10.2. The van der Waals surface area contributed by atoms with Crippen LogP contribution in [0.2, 0.25) is 10.0 Å². The topological polar surface area (TPSA) is 78.8 Å². The highest BCUT2D eigenvalue weighted by molar-refractivity contribution is 7.90. The van der Waals surface area contributed by atoms with E-state index < -0.39 is 22.5 Å². The summed E-state index contributed by atoms with van der Waals surface area (Å²) >= 11 is 11.6. The van der Waals surface area contributed by atoms with Gasteiger partial charge in [-0.1, -0.05) is 40.9 Å². The first-order valence-electron chi connectivity index (χ1n) is 6.43. The summed E-state index contributed by atoms with van der Waals surface area (Å²) in [6.45, 7) is 1.27. The van der Waals surface area contributed by atoms with Crippen molar-refractivity contribution in [1.82, 2.24) is 0 Å². The Morgan fingerprint density at radius 3 is 2.43 bits per heavy atom. The molecular formula is C15H12Cl2NO4S-. The zero-order chi connectivity index (χ0) is 17.0. The zero-order valence-corrected chi connectivity index (χ0v) is 14.3. The second-order valence-electron chi connectivity index (χ2n) is 4.64. The van der Waals surface area contributed by atoms with Crippen molar-refractivity contribution in [2.75, 3.05) is 6.61 Å². The third-order valence-corrected chi connectivity index (χ3v) is 4.63. The van der Waals surface area contributed by atoms with E-state index in [9.17, 15) is 13.5 Å². The number of aryl methyl sites for hydroxylation is 1. The van der Waals surface area contributed by atoms with Gasteiger partial charge in [-0.15, -0.1) is 0 Å². The molecule has 23 heavy (non-hydrogen) atoms. The van der Waals surface area contributed by atoms with E-state index in [1.807, 2.05) is 6.92 Å². The first-order valence-corrected chi connectivity index (χ1v) is 8.63. The Bertz CT molecular complexity index is 833. The molecule has 0 radical (unpaired) electrons. The van der Waals surface area contributed by atoms with E-state index in [0.717, 1.165) is 5.56 Å². The van der Waals surface area contributed by atoms with Crippen LogP contribution in [0.1, 0.15) is 5.56 Å². The summed E-state index contributed by atoms with van der Waals surface area (Å²) in [4.78, 5) is -0.0547. The average Bonchev–Trinajstić information content (AvgIpc) is 2.46. The second-order valence-corrected chi connectivity index (χ2v) is 7.08. The lowest BCUT2D eigenvalue weighted by Gasteiger charge is -2.13. The van der Waals surface area contributed by atoms with Crippen LogP contribution in [0.25, 0.3) is 0 Å². The molecule has 5 nitrogen and oxygen atoms in total. The van der Waals surface area contributed by atoms with E-state index in [0.29, 0.717) is 5.02 Å². The number of nitrogens with zero attached hydrogens (tertiary/aromatic N) is 1. The maximum atomic E-state index is 12.0. The molecule has 0 aliphatic rings. The molecule has 0 saturated carbocycles. The third-order valence-electron chi connectivity index (χ3n) is 2.79. The molecule has 0 aliphatic heterocycles. The minimum atomic E-state index is -4.06. The number of sulfonamides is 1. The van der Waals surface area contributed by atoms with Crippen LogP contribution in [0, 0.1) is 6.92 Å². The van der Waals surface area contributed by atoms with E-state index >= 15 is 0 Å². The molecule has 122 valence electrons. The Labute approximate surface area is 144 Å². The Balaban J connectivity index is 2.11. The number of rotatable bonds is 5. The number of hydrogen-bond acceptors (Lipinski definition) is 4. The lowest BCUT2D eigenvalue weighted by molar-refractivity contribution is -0.220. The summed E-state index contributed by atoms with van der Waals surface area (Å²) < 4.78 is 32.3. The maximum Gasteiger partial charge on any atom is 0.281 e. The van der Waals surface area contributed by atoms with E-state index in [1.165, 1.54) is 30.3 Å². The Morgan fingerprint density at radius 1 is 1.17 bits per heavy atom. The van der Waals surface area contributed by atoms with E-state index in [4.69, 9.17) is 27.9 Å². The summed E-state index contributed by atoms with van der Waals surface area (Å²) in [6, 6.07) is 10.5. The molecule has 0 N–H and O–H groups in total. The summed E-state index contributed by atoms with van der Waals surface area (Å²) in [7, 11) is -4.06. The molecule has 0 aromatic heterocycles. The smallest absolute Gasteiger partial charge is 0.281 e. The number of hydrogen-bond donors (Lipinski definition) is 0. The highest BCUT2D eigenvalue weighted by Gasteiger charge is 2.11. The average molecular weight is 373 g/mol. The molecule has 2 aromatic carbocycles. The molecule has 2 rings (SSSR count). The first kappa shape index (κ1) is 17.6. The van der Waals surface area contributed by atoms with Crippen LogP contribution in [0.4, 0.5) is 0 Å². The molecule has 8 heteroatoms. The SMILES string of the molecule is Cc1ccc(S(=O)(=O)N=C([O-])COc2ccc(Cl)cc2Cl)cc1. The fourth-order valence-electron chi connectivity index (χ4n) is 1.66. The van der Waals surface area contributed by atoms with Crippen molar-refractivity contribution in [2.45, 2.75) is 11.8 Å². The summed E-state index contributed by atoms with van der Waals surface area (Å²) in [6.07, 6.45) is 0. The maximum absolute atomic E-state index is 12.0. The van der Waals surface area contributed by atoms with Crippen LogP contribution in [0.15, 0.2) is 51.8 Å². The zero-order valence-electron chi connectivity index (χ0n) is 12.0. The van der Waals surface area contributed by atoms with Crippen LogP contribution in [-0.2, 0) is 10.0 Å². The van der Waals surface area contributed by atoms with Gasteiger partial charge in [-0.3, -0.25) is 0 Å². The van der Waals surface area contributed by atoms with Gasteiger partial charge in [0.2, 0.25) is 0 Å². The molecule has 0 unspecified atom stereocenters. The van der Waals surface area contributed by atoms with Crippen LogP contribution in [-0.4, -0.2) is 20.9 Å². The van der Waals surface area contributed by atoms with Crippen LogP contribution >= 0.6 is 23.2 Å². The van der Waals surface area contributed by atoms with Gasteiger partial charge in [0.25, 0.3) is 10.0 Å². The molecular weight excluding hydrogens is 361 g/mol. The predicted octanol–water partition coefficient (Wildman–Crippen LogP) is 2.83. The standard InChI is InChI=1S/C15H13Cl2NO4S/c1-10-2-5-12(6-3-10)23(20,21)18-15(19)9-22-14-7-4-11(16)8-13(14)17/h2-8H,9H2,1H3,(H,18,19)/p-1. The summed E-state index contributed by atoms with van der Waals surface area (Å²) in [5, 5.41) is 12.3. The highest BCUT2D eigenvalue weighted by Crippen LogP contribution is 2.27. The van der Waals surface area contributed by atoms with E-state index in [1.54, 1.807) is 12.1 Å². The Kier molecular flexibility index (Phi) is 5.51. The van der Waals surface area contributed by atoms with Gasteiger partial charge in [0.05, 0.1) is 9.92 Å². The largest absolute Gasteiger partial charge is 0.859 e. The van der Waals surface area contributed by atoms with Gasteiger partial charge in [-0.05, 0) is 37.3 Å². The van der Waals surface area contributed by atoms with Crippen molar-refractivity contribution in [2.24, 2.45) is 4.40 Å². The monoisotopic (exact) mass is 372 g/mol. The molecule has 0 bridgehead atoms. The summed E-state index contributed by atoms with van der Waals surface area (Å²) in [5.41, 5.74) is 0.899. The highest BCUT2D eigenvalue weighted by atomic mass is 35.5. The van der Waals surface area contributed by atoms with Crippen molar-refractivity contribution in [3.8, 4) is 5.75 Å². The van der Waals surface area contributed by atoms with Crippen LogP contribution < -0.4 is 9.84 Å². The molecule has 0 atom stereocenters.